The first-order valence-electron chi connectivity index (χ1n) is 11.2. The zero-order chi connectivity index (χ0) is 20.6. The highest BCUT2D eigenvalue weighted by Gasteiger charge is 2.24. The fraction of sp³-hybridized carbons (Fsp3) is 0.385. The lowest BCUT2D eigenvalue weighted by Gasteiger charge is -2.31. The minimum absolute atomic E-state index is 0.314. The number of rotatable bonds is 8. The minimum Gasteiger partial charge on any atom is -0.348 e. The third-order valence-electron chi connectivity index (χ3n) is 6.34. The second-order valence-corrected chi connectivity index (χ2v) is 8.28. The number of carbonyl (C=O) groups excluding carboxylic acids is 1. The van der Waals surface area contributed by atoms with Gasteiger partial charge < -0.3 is 9.88 Å². The van der Waals surface area contributed by atoms with Gasteiger partial charge in [0.25, 0.3) is 0 Å². The average molecular weight is 402 g/mol. The number of H-pyrrole nitrogens is 1. The molecule has 4 rings (SSSR count). The third kappa shape index (κ3) is 5.18. The molecule has 156 valence electrons. The van der Waals surface area contributed by atoms with Crippen molar-refractivity contribution in [3.8, 4) is 0 Å². The highest BCUT2D eigenvalue weighted by atomic mass is 16.2. The van der Waals surface area contributed by atoms with Crippen molar-refractivity contribution in [1.29, 1.82) is 0 Å². The first-order chi connectivity index (χ1) is 14.8. The number of aromatic amines is 1. The third-order valence-corrected chi connectivity index (χ3v) is 6.34. The van der Waals surface area contributed by atoms with E-state index in [9.17, 15) is 4.79 Å². The maximum absolute atomic E-state index is 12.7. The van der Waals surface area contributed by atoms with Crippen LogP contribution in [0.2, 0.25) is 0 Å². The predicted molar refractivity (Wildman–Crippen MR) is 120 cm³/mol. The summed E-state index contributed by atoms with van der Waals surface area (Å²) in [4.78, 5) is 22.1. The lowest BCUT2D eigenvalue weighted by atomic mass is 9.87. The molecule has 4 nitrogen and oxygen atoms in total. The lowest BCUT2D eigenvalue weighted by Crippen LogP contribution is -2.37. The van der Waals surface area contributed by atoms with Crippen molar-refractivity contribution in [2.24, 2.45) is 0 Å². The summed E-state index contributed by atoms with van der Waals surface area (Å²) >= 11 is 0. The van der Waals surface area contributed by atoms with Crippen LogP contribution in [-0.2, 0) is 4.79 Å². The molecule has 0 bridgehead atoms. The van der Waals surface area contributed by atoms with Crippen LogP contribution in [0.5, 0.6) is 0 Å². The van der Waals surface area contributed by atoms with E-state index in [0.717, 1.165) is 45.2 Å². The van der Waals surface area contributed by atoms with Crippen molar-refractivity contribution in [2.75, 3.05) is 13.1 Å². The first-order valence-corrected chi connectivity index (χ1v) is 11.2. The Morgan fingerprint density at radius 2 is 1.60 bits per heavy atom. The van der Waals surface area contributed by atoms with Gasteiger partial charge in [-0.15, -0.1) is 0 Å². The molecule has 1 fully saturated rings. The Balaban J connectivity index is 1.25. The quantitative estimate of drug-likeness (QED) is 0.506. The number of hydrogen-bond acceptors (Lipinski definition) is 2. The Hall–Kier alpha value is -2.88. The Kier molecular flexibility index (Phi) is 6.96. The van der Waals surface area contributed by atoms with E-state index in [1.165, 1.54) is 16.8 Å². The van der Waals surface area contributed by atoms with E-state index in [4.69, 9.17) is 0 Å². The molecule has 1 amide bonds. The number of likely N-dealkylation sites (tertiary alicyclic amines) is 1. The first kappa shape index (κ1) is 20.4. The van der Waals surface area contributed by atoms with E-state index < -0.39 is 0 Å². The van der Waals surface area contributed by atoms with Gasteiger partial charge in [-0.1, -0.05) is 67.1 Å². The van der Waals surface area contributed by atoms with Crippen molar-refractivity contribution >= 4 is 5.91 Å². The minimum atomic E-state index is 0.314. The van der Waals surface area contributed by atoms with Crippen molar-refractivity contribution < 1.29 is 4.79 Å². The number of benzene rings is 2. The summed E-state index contributed by atoms with van der Waals surface area (Å²) in [7, 11) is 0. The van der Waals surface area contributed by atoms with Gasteiger partial charge in [-0.2, -0.15) is 0 Å². The van der Waals surface area contributed by atoms with Gasteiger partial charge in [-0.05, 0) is 36.8 Å². The fourth-order valence-corrected chi connectivity index (χ4v) is 4.61. The van der Waals surface area contributed by atoms with E-state index in [1.807, 2.05) is 6.20 Å². The van der Waals surface area contributed by atoms with Crippen molar-refractivity contribution in [3.05, 3.63) is 90.0 Å². The van der Waals surface area contributed by atoms with E-state index in [2.05, 4.69) is 75.5 Å². The highest BCUT2D eigenvalue weighted by molar-refractivity contribution is 5.76. The van der Waals surface area contributed by atoms with Crippen molar-refractivity contribution in [2.45, 2.75) is 50.4 Å². The van der Waals surface area contributed by atoms with E-state index >= 15 is 0 Å². The van der Waals surface area contributed by atoms with Crippen LogP contribution in [0.25, 0.3) is 0 Å². The van der Waals surface area contributed by atoms with Crippen LogP contribution in [0, 0.1) is 0 Å². The van der Waals surface area contributed by atoms with Crippen LogP contribution in [-0.4, -0.2) is 33.9 Å². The summed E-state index contributed by atoms with van der Waals surface area (Å²) in [5.74, 6) is 1.22. The summed E-state index contributed by atoms with van der Waals surface area (Å²) in [6.45, 7) is 1.72. The molecule has 0 atom stereocenters. The van der Waals surface area contributed by atoms with Crippen LogP contribution in [0.1, 0.15) is 67.2 Å². The molecule has 0 saturated carbocycles. The van der Waals surface area contributed by atoms with Gasteiger partial charge in [0.2, 0.25) is 5.91 Å². The monoisotopic (exact) mass is 401 g/mol. The smallest absolute Gasteiger partial charge is 0.222 e. The summed E-state index contributed by atoms with van der Waals surface area (Å²) in [5, 5.41) is 0. The van der Waals surface area contributed by atoms with Crippen LogP contribution in [0.15, 0.2) is 73.2 Å². The van der Waals surface area contributed by atoms with Gasteiger partial charge in [0, 0.05) is 43.2 Å². The molecule has 1 N–H and O–H groups in total. The molecule has 1 aliphatic rings. The largest absolute Gasteiger partial charge is 0.348 e. The molecule has 1 aliphatic heterocycles. The molecular weight excluding hydrogens is 370 g/mol. The van der Waals surface area contributed by atoms with Crippen molar-refractivity contribution in [3.63, 3.8) is 0 Å². The molecule has 1 aromatic heterocycles. The molecule has 3 aromatic rings. The normalized spacial score (nSPS) is 14.9. The van der Waals surface area contributed by atoms with Crippen LogP contribution in [0.4, 0.5) is 0 Å². The molecular formula is C26H31N3O. The molecule has 0 aliphatic carbocycles. The van der Waals surface area contributed by atoms with Crippen LogP contribution < -0.4 is 0 Å². The molecule has 1 saturated heterocycles. The van der Waals surface area contributed by atoms with E-state index in [-0.39, 0.29) is 0 Å². The maximum atomic E-state index is 12.7. The Morgan fingerprint density at radius 1 is 0.967 bits per heavy atom. The topological polar surface area (TPSA) is 49.0 Å². The van der Waals surface area contributed by atoms with Gasteiger partial charge >= 0.3 is 0 Å². The number of unbranched alkanes of at least 4 members (excludes halogenated alkanes) is 1. The second-order valence-electron chi connectivity index (χ2n) is 8.28. The van der Waals surface area contributed by atoms with E-state index in [1.54, 1.807) is 6.33 Å². The average Bonchev–Trinajstić information content (AvgIpc) is 3.35. The van der Waals surface area contributed by atoms with Gasteiger partial charge in [-0.3, -0.25) is 4.79 Å². The highest BCUT2D eigenvalue weighted by Crippen LogP contribution is 2.30. The number of nitrogens with zero attached hydrogens (tertiary/aromatic N) is 2. The zero-order valence-electron chi connectivity index (χ0n) is 17.5. The summed E-state index contributed by atoms with van der Waals surface area (Å²) in [6, 6.07) is 21.4. The summed E-state index contributed by atoms with van der Waals surface area (Å²) < 4.78 is 0. The number of hydrogen-bond donors (Lipinski definition) is 1. The molecule has 0 unspecified atom stereocenters. The Morgan fingerprint density at radius 3 is 2.17 bits per heavy atom. The maximum Gasteiger partial charge on any atom is 0.222 e. The summed E-state index contributed by atoms with van der Waals surface area (Å²) in [5.41, 5.74) is 3.92. The predicted octanol–water partition coefficient (Wildman–Crippen LogP) is 5.51. The number of amides is 1. The van der Waals surface area contributed by atoms with Crippen LogP contribution in [0.3, 0.4) is 0 Å². The van der Waals surface area contributed by atoms with Gasteiger partial charge in [-0.25, -0.2) is 4.98 Å². The number of imidazole rings is 1. The SMILES string of the molecule is O=C(CCCCC(c1ccccc1)c1ccccc1)N1CCC(c2cnc[nH]2)CC1. The molecule has 0 spiro atoms. The lowest BCUT2D eigenvalue weighted by molar-refractivity contribution is -0.132. The van der Waals surface area contributed by atoms with Gasteiger partial charge in [0.05, 0.1) is 6.33 Å². The molecule has 30 heavy (non-hydrogen) atoms. The zero-order valence-corrected chi connectivity index (χ0v) is 17.5. The Bertz CT molecular complexity index is 845. The van der Waals surface area contributed by atoms with Gasteiger partial charge in [0.15, 0.2) is 0 Å². The summed E-state index contributed by atoms with van der Waals surface area (Å²) in [6.07, 6.45) is 9.45. The fourth-order valence-electron chi connectivity index (χ4n) is 4.61. The second kappa shape index (κ2) is 10.2. The van der Waals surface area contributed by atoms with Crippen molar-refractivity contribution in [1.82, 2.24) is 14.9 Å². The molecule has 4 heteroatoms. The Labute approximate surface area is 179 Å². The molecule has 2 aromatic carbocycles. The number of nitrogens with one attached hydrogen (secondary N) is 1. The standard InChI is InChI=1S/C26H31N3O/c30-26(29-17-15-23(16-18-29)25-19-27-20-28-25)14-8-7-13-24(21-9-3-1-4-10-21)22-11-5-2-6-12-22/h1-6,9-12,19-20,23-24H,7-8,13-18H2,(H,27,28). The number of piperidine rings is 1. The molecule has 0 radical (unpaired) electrons. The van der Waals surface area contributed by atoms with Crippen LogP contribution >= 0.6 is 0 Å². The number of carbonyl (C=O) groups is 1. The van der Waals surface area contributed by atoms with Gasteiger partial charge in [0.1, 0.15) is 0 Å². The molecule has 2 heterocycles. The number of aromatic nitrogens is 2. The van der Waals surface area contributed by atoms with E-state index in [0.29, 0.717) is 24.2 Å².